The summed E-state index contributed by atoms with van der Waals surface area (Å²) in [5, 5.41) is 2.69. The van der Waals surface area contributed by atoms with E-state index in [-0.39, 0.29) is 5.91 Å². The molecule has 3 N–H and O–H groups in total. The quantitative estimate of drug-likeness (QED) is 0.710. The molecule has 1 rings (SSSR count). The molecule has 5 heteroatoms. The minimum absolute atomic E-state index is 0.310. The van der Waals surface area contributed by atoms with Crippen LogP contribution in [0.4, 0.5) is 0 Å². The summed E-state index contributed by atoms with van der Waals surface area (Å²) in [5.74, 6) is -0.773. The van der Waals surface area contributed by atoms with Crippen LogP contribution in [0.2, 0.25) is 0 Å². The summed E-state index contributed by atoms with van der Waals surface area (Å²) in [7, 11) is 1.31. The van der Waals surface area contributed by atoms with Crippen LogP contribution in [0.15, 0.2) is 30.3 Å². The molecule has 0 saturated heterocycles. The van der Waals surface area contributed by atoms with Crippen molar-refractivity contribution >= 4 is 11.9 Å². The van der Waals surface area contributed by atoms with Crippen LogP contribution in [-0.2, 0) is 20.7 Å². The second-order valence-electron chi connectivity index (χ2n) is 5.02. The lowest BCUT2D eigenvalue weighted by molar-refractivity contribution is -0.145. The Morgan fingerprint density at radius 3 is 2.52 bits per heavy atom. The Labute approximate surface area is 125 Å². The highest BCUT2D eigenvalue weighted by atomic mass is 16.5. The summed E-state index contributed by atoms with van der Waals surface area (Å²) in [4.78, 5) is 23.8. The Bertz CT molecular complexity index is 448. The van der Waals surface area contributed by atoms with E-state index in [4.69, 9.17) is 10.5 Å². The fourth-order valence-corrected chi connectivity index (χ4v) is 2.02. The molecule has 5 nitrogen and oxygen atoms in total. The van der Waals surface area contributed by atoms with Crippen molar-refractivity contribution in [2.24, 2.45) is 5.73 Å². The Balaban J connectivity index is 2.66. The van der Waals surface area contributed by atoms with Crippen molar-refractivity contribution in [1.82, 2.24) is 5.32 Å². The first-order valence-corrected chi connectivity index (χ1v) is 7.26. The summed E-state index contributed by atoms with van der Waals surface area (Å²) < 4.78 is 4.75. The van der Waals surface area contributed by atoms with Gasteiger partial charge in [0, 0.05) is 6.42 Å². The van der Waals surface area contributed by atoms with Gasteiger partial charge in [-0.15, -0.1) is 0 Å². The lowest BCUT2D eigenvalue weighted by Crippen LogP contribution is -2.49. The number of amides is 1. The van der Waals surface area contributed by atoms with Gasteiger partial charge in [-0.05, 0) is 12.0 Å². The zero-order valence-corrected chi connectivity index (χ0v) is 12.7. The van der Waals surface area contributed by atoms with Gasteiger partial charge in [-0.3, -0.25) is 4.79 Å². The normalized spacial score (nSPS) is 13.3. The zero-order chi connectivity index (χ0) is 15.7. The predicted octanol–water partition coefficient (Wildman–Crippen LogP) is 1.40. The van der Waals surface area contributed by atoms with Gasteiger partial charge >= 0.3 is 5.97 Å². The maximum atomic E-state index is 12.0. The molecule has 0 saturated carbocycles. The van der Waals surface area contributed by atoms with Crippen molar-refractivity contribution in [3.8, 4) is 0 Å². The summed E-state index contributed by atoms with van der Waals surface area (Å²) in [6.45, 7) is 2.04. The minimum atomic E-state index is -0.711. The van der Waals surface area contributed by atoms with E-state index in [1.54, 1.807) is 0 Å². The largest absolute Gasteiger partial charge is 0.467 e. The van der Waals surface area contributed by atoms with Crippen LogP contribution < -0.4 is 11.1 Å². The van der Waals surface area contributed by atoms with Crippen molar-refractivity contribution in [3.05, 3.63) is 35.9 Å². The van der Waals surface area contributed by atoms with Crippen LogP contribution in [0.3, 0.4) is 0 Å². The maximum absolute atomic E-state index is 12.0. The number of rotatable bonds is 8. The molecule has 0 aromatic heterocycles. The topological polar surface area (TPSA) is 81.4 Å². The second kappa shape index (κ2) is 9.13. The molecular weight excluding hydrogens is 268 g/mol. The number of esters is 1. The highest BCUT2D eigenvalue weighted by molar-refractivity contribution is 5.87. The number of methoxy groups -OCH3 is 1. The van der Waals surface area contributed by atoms with E-state index in [1.165, 1.54) is 7.11 Å². The van der Waals surface area contributed by atoms with Crippen LogP contribution in [0, 0.1) is 0 Å². The van der Waals surface area contributed by atoms with Gasteiger partial charge < -0.3 is 15.8 Å². The van der Waals surface area contributed by atoms with Gasteiger partial charge in [0.2, 0.25) is 5.91 Å². The fraction of sp³-hybridized carbons (Fsp3) is 0.500. The average Bonchev–Trinajstić information content (AvgIpc) is 2.51. The Kier molecular flexibility index (Phi) is 7.46. The van der Waals surface area contributed by atoms with E-state index in [0.29, 0.717) is 12.8 Å². The van der Waals surface area contributed by atoms with Crippen LogP contribution in [-0.4, -0.2) is 31.1 Å². The first kappa shape index (κ1) is 17.2. The minimum Gasteiger partial charge on any atom is -0.467 e. The summed E-state index contributed by atoms with van der Waals surface area (Å²) >= 11 is 0. The first-order valence-electron chi connectivity index (χ1n) is 7.26. The monoisotopic (exact) mass is 292 g/mol. The number of carbonyl (C=O) groups excluding carboxylic acids is 2. The second-order valence-corrected chi connectivity index (χ2v) is 5.02. The van der Waals surface area contributed by atoms with Crippen LogP contribution in [0.25, 0.3) is 0 Å². The van der Waals surface area contributed by atoms with Crippen molar-refractivity contribution in [2.45, 2.75) is 44.7 Å². The highest BCUT2D eigenvalue weighted by Gasteiger charge is 2.24. The number of ether oxygens (including phenoxy) is 1. The number of benzene rings is 1. The third kappa shape index (κ3) is 5.95. The molecule has 0 aliphatic heterocycles. The summed E-state index contributed by atoms with van der Waals surface area (Å²) in [6.07, 6.45) is 2.86. The van der Waals surface area contributed by atoms with Crippen LogP contribution in [0.1, 0.15) is 31.7 Å². The van der Waals surface area contributed by atoms with Crippen molar-refractivity contribution in [3.63, 3.8) is 0 Å². The highest BCUT2D eigenvalue weighted by Crippen LogP contribution is 2.06. The van der Waals surface area contributed by atoms with Crippen molar-refractivity contribution in [2.75, 3.05) is 7.11 Å². The molecule has 116 valence electrons. The van der Waals surface area contributed by atoms with Gasteiger partial charge in [0.1, 0.15) is 6.04 Å². The molecule has 2 atom stereocenters. The molecule has 0 aliphatic rings. The molecule has 0 aliphatic carbocycles. The molecule has 1 aromatic carbocycles. The van der Waals surface area contributed by atoms with E-state index in [2.05, 4.69) is 5.32 Å². The zero-order valence-electron chi connectivity index (χ0n) is 12.7. The third-order valence-corrected chi connectivity index (χ3v) is 3.29. The number of nitrogens with two attached hydrogens (primary N) is 1. The van der Waals surface area contributed by atoms with E-state index in [1.807, 2.05) is 37.3 Å². The standard InChI is InChI=1S/C16H24N2O3/c1-3-4-10-13(17)15(19)18-14(16(20)21-2)11-12-8-6-5-7-9-12/h5-9,13-14H,3-4,10-11,17H2,1-2H3,(H,18,19)/t13-,14-/m0/s1. The molecule has 1 amide bonds. The van der Waals surface area contributed by atoms with Gasteiger partial charge in [-0.1, -0.05) is 50.1 Å². The van der Waals surface area contributed by atoms with Crippen LogP contribution >= 0.6 is 0 Å². The summed E-state index contributed by atoms with van der Waals surface area (Å²) in [6, 6.07) is 8.18. The molecule has 0 unspecified atom stereocenters. The van der Waals surface area contributed by atoms with Crippen molar-refractivity contribution < 1.29 is 14.3 Å². The lowest BCUT2D eigenvalue weighted by atomic mass is 10.0. The molecule has 1 aromatic rings. The third-order valence-electron chi connectivity index (χ3n) is 3.29. The van der Waals surface area contributed by atoms with Gasteiger partial charge in [-0.2, -0.15) is 0 Å². The lowest BCUT2D eigenvalue weighted by Gasteiger charge is -2.19. The molecular formula is C16H24N2O3. The van der Waals surface area contributed by atoms with Gasteiger partial charge in [0.05, 0.1) is 13.2 Å². The first-order chi connectivity index (χ1) is 10.1. The molecule has 0 heterocycles. The number of carbonyl (C=O) groups is 2. The molecule has 21 heavy (non-hydrogen) atoms. The SMILES string of the molecule is CCCC[C@H](N)C(=O)N[C@@H](Cc1ccccc1)C(=O)OC. The number of nitrogens with one attached hydrogen (secondary N) is 1. The van der Waals surface area contributed by atoms with E-state index >= 15 is 0 Å². The average molecular weight is 292 g/mol. The van der Waals surface area contributed by atoms with Gasteiger partial charge in [0.15, 0.2) is 0 Å². The summed E-state index contributed by atoms with van der Waals surface area (Å²) in [5.41, 5.74) is 6.78. The van der Waals surface area contributed by atoms with Crippen molar-refractivity contribution in [1.29, 1.82) is 0 Å². The number of hydrogen-bond acceptors (Lipinski definition) is 4. The smallest absolute Gasteiger partial charge is 0.328 e. The van der Waals surface area contributed by atoms with E-state index in [9.17, 15) is 9.59 Å². The number of hydrogen-bond donors (Lipinski definition) is 2. The molecule has 0 radical (unpaired) electrons. The van der Waals surface area contributed by atoms with E-state index < -0.39 is 18.1 Å². The molecule has 0 spiro atoms. The Morgan fingerprint density at radius 2 is 1.95 bits per heavy atom. The van der Waals surface area contributed by atoms with Crippen LogP contribution in [0.5, 0.6) is 0 Å². The Hall–Kier alpha value is -1.88. The molecule has 0 fully saturated rings. The van der Waals surface area contributed by atoms with Gasteiger partial charge in [-0.25, -0.2) is 4.79 Å². The Morgan fingerprint density at radius 1 is 1.29 bits per heavy atom. The fourth-order valence-electron chi connectivity index (χ4n) is 2.02. The molecule has 0 bridgehead atoms. The van der Waals surface area contributed by atoms with E-state index in [0.717, 1.165) is 18.4 Å². The van der Waals surface area contributed by atoms with Gasteiger partial charge in [0.25, 0.3) is 0 Å². The number of unbranched alkanes of at least 4 members (excludes halogenated alkanes) is 1. The predicted molar refractivity (Wildman–Crippen MR) is 81.6 cm³/mol. The maximum Gasteiger partial charge on any atom is 0.328 e.